The maximum Gasteiger partial charge on any atom is 0.190 e. The van der Waals surface area contributed by atoms with Crippen molar-refractivity contribution < 1.29 is 24.9 Å². The van der Waals surface area contributed by atoms with Crippen LogP contribution in [-0.4, -0.2) is 39.1 Å². The molecule has 4 rings (SSSR count). The third-order valence-corrected chi connectivity index (χ3v) is 8.79. The highest BCUT2D eigenvalue weighted by Crippen LogP contribution is 2.67. The second-order valence-electron chi connectivity index (χ2n) is 9.69. The van der Waals surface area contributed by atoms with E-state index in [4.69, 9.17) is 0 Å². The molecule has 0 bridgehead atoms. The number of fused-ring (bicyclic) bond motifs is 5. The second-order valence-corrected chi connectivity index (χ2v) is 9.69. The molecule has 0 radical (unpaired) electrons. The summed E-state index contributed by atoms with van der Waals surface area (Å²) in [5.74, 6) is 0.277. The summed E-state index contributed by atoms with van der Waals surface area (Å²) in [7, 11) is 0. The van der Waals surface area contributed by atoms with Crippen LogP contribution in [0.2, 0.25) is 0 Å². The predicted molar refractivity (Wildman–Crippen MR) is 99.8 cm³/mol. The van der Waals surface area contributed by atoms with Crippen LogP contribution in [0.15, 0.2) is 23.5 Å². The zero-order chi connectivity index (χ0) is 19.8. The minimum atomic E-state index is -1.47. The Morgan fingerprint density at radius 1 is 1.19 bits per heavy atom. The van der Waals surface area contributed by atoms with E-state index in [1.54, 1.807) is 6.08 Å². The van der Waals surface area contributed by atoms with Crippen LogP contribution in [0, 0.1) is 34.5 Å². The highest BCUT2D eigenvalue weighted by molar-refractivity contribution is 5.99. The molecule has 0 aliphatic heterocycles. The topological polar surface area (TPSA) is 94.8 Å². The van der Waals surface area contributed by atoms with E-state index in [1.807, 2.05) is 13.8 Å². The molecule has 0 aromatic heterocycles. The molecule has 0 saturated heterocycles. The van der Waals surface area contributed by atoms with Crippen LogP contribution in [0.1, 0.15) is 52.9 Å². The van der Waals surface area contributed by atoms with Gasteiger partial charge in [0.05, 0.1) is 5.41 Å². The van der Waals surface area contributed by atoms with Crippen LogP contribution < -0.4 is 0 Å². The van der Waals surface area contributed by atoms with Crippen LogP contribution in [0.4, 0.5) is 0 Å². The first-order valence-electron chi connectivity index (χ1n) is 10.1. The first-order valence-corrected chi connectivity index (χ1v) is 10.1. The van der Waals surface area contributed by atoms with Gasteiger partial charge in [0.15, 0.2) is 11.6 Å². The molecular formula is C22H30O5. The molecule has 0 heterocycles. The van der Waals surface area contributed by atoms with Gasteiger partial charge in [-0.05, 0) is 74.3 Å². The Kier molecular flexibility index (Phi) is 4.04. The van der Waals surface area contributed by atoms with Crippen molar-refractivity contribution in [2.24, 2.45) is 34.5 Å². The fraction of sp³-hybridized carbons (Fsp3) is 0.727. The Hall–Kier alpha value is -1.46. The molecule has 5 heteroatoms. The highest BCUT2D eigenvalue weighted by Gasteiger charge is 2.67. The molecule has 1 unspecified atom stereocenters. The lowest BCUT2D eigenvalue weighted by Crippen LogP contribution is -2.59. The van der Waals surface area contributed by atoms with Crippen molar-refractivity contribution in [1.82, 2.24) is 0 Å². The van der Waals surface area contributed by atoms with Gasteiger partial charge in [-0.15, -0.1) is 0 Å². The van der Waals surface area contributed by atoms with Gasteiger partial charge in [-0.1, -0.05) is 13.8 Å². The van der Waals surface area contributed by atoms with Crippen molar-refractivity contribution in [1.29, 1.82) is 0 Å². The number of hydrogen-bond acceptors (Lipinski definition) is 5. The Bertz CT molecular complexity index is 767. The lowest BCUT2D eigenvalue weighted by molar-refractivity contribution is -0.166. The first-order chi connectivity index (χ1) is 12.6. The molecule has 7 atom stereocenters. The molecule has 3 N–H and O–H groups in total. The molecule has 3 fully saturated rings. The highest BCUT2D eigenvalue weighted by atomic mass is 16.3. The first kappa shape index (κ1) is 18.9. The number of aliphatic hydroxyl groups is 3. The quantitative estimate of drug-likeness (QED) is 0.691. The minimum Gasteiger partial charge on any atom is -0.508 e. The average Bonchev–Trinajstić information content (AvgIpc) is 2.89. The number of Topliss-reactive ketones (excluding diaryl/α,β-unsaturated/α-hetero) is 1. The summed E-state index contributed by atoms with van der Waals surface area (Å²) in [6.07, 6.45) is 6.59. The van der Waals surface area contributed by atoms with Crippen molar-refractivity contribution in [2.75, 3.05) is 6.61 Å². The van der Waals surface area contributed by atoms with Crippen molar-refractivity contribution in [3.63, 3.8) is 0 Å². The number of carbonyl (C=O) groups is 2. The van der Waals surface area contributed by atoms with E-state index in [1.165, 1.54) is 6.08 Å². The van der Waals surface area contributed by atoms with E-state index >= 15 is 0 Å². The minimum absolute atomic E-state index is 0.0256. The van der Waals surface area contributed by atoms with E-state index < -0.39 is 28.8 Å². The van der Waals surface area contributed by atoms with Gasteiger partial charge in [-0.3, -0.25) is 9.59 Å². The van der Waals surface area contributed by atoms with Gasteiger partial charge in [0.25, 0.3) is 0 Å². The number of ketones is 2. The Balaban J connectivity index is 1.75. The van der Waals surface area contributed by atoms with E-state index in [-0.39, 0.29) is 35.2 Å². The van der Waals surface area contributed by atoms with Gasteiger partial charge in [-0.25, -0.2) is 0 Å². The van der Waals surface area contributed by atoms with Crippen LogP contribution in [0.5, 0.6) is 0 Å². The number of hydrogen-bond donors (Lipinski definition) is 3. The zero-order valence-corrected chi connectivity index (χ0v) is 16.4. The zero-order valence-electron chi connectivity index (χ0n) is 16.4. The third kappa shape index (κ3) is 2.18. The maximum atomic E-state index is 13.0. The molecule has 0 aromatic carbocycles. The van der Waals surface area contributed by atoms with Gasteiger partial charge >= 0.3 is 0 Å². The summed E-state index contributed by atoms with van der Waals surface area (Å²) in [5.41, 5.74) is -1.61. The monoisotopic (exact) mass is 374 g/mol. The summed E-state index contributed by atoms with van der Waals surface area (Å²) < 4.78 is 0. The SMILES string of the molecule is CC1C[C@@H]2[C@H](CC[C@@]3(C)[C@H]2CC[C@]3(O)C(=O)CO)[C@@]2(C)C(=O)C=C(O)C=C12. The lowest BCUT2D eigenvalue weighted by atomic mass is 9.45. The van der Waals surface area contributed by atoms with Crippen molar-refractivity contribution in [2.45, 2.75) is 58.5 Å². The molecular weight excluding hydrogens is 344 g/mol. The fourth-order valence-electron chi connectivity index (χ4n) is 7.30. The third-order valence-electron chi connectivity index (χ3n) is 8.79. The maximum absolute atomic E-state index is 13.0. The largest absolute Gasteiger partial charge is 0.508 e. The number of allylic oxidation sites excluding steroid dienone is 3. The Morgan fingerprint density at radius 3 is 2.52 bits per heavy atom. The summed E-state index contributed by atoms with van der Waals surface area (Å²) in [4.78, 5) is 25.4. The molecule has 0 aromatic rings. The van der Waals surface area contributed by atoms with Crippen LogP contribution in [0.3, 0.4) is 0 Å². The molecule has 27 heavy (non-hydrogen) atoms. The second kappa shape index (κ2) is 5.77. The fourth-order valence-corrected chi connectivity index (χ4v) is 7.30. The summed E-state index contributed by atoms with van der Waals surface area (Å²) in [5, 5.41) is 30.6. The van der Waals surface area contributed by atoms with Crippen molar-refractivity contribution >= 4 is 11.6 Å². The van der Waals surface area contributed by atoms with Crippen LogP contribution >= 0.6 is 0 Å². The van der Waals surface area contributed by atoms with E-state index in [0.717, 1.165) is 24.8 Å². The predicted octanol–water partition coefficient (Wildman–Crippen LogP) is 2.72. The number of aliphatic hydroxyl groups excluding tert-OH is 2. The van der Waals surface area contributed by atoms with Crippen molar-refractivity contribution in [3.8, 4) is 0 Å². The van der Waals surface area contributed by atoms with Gasteiger partial charge < -0.3 is 15.3 Å². The molecule has 0 amide bonds. The van der Waals surface area contributed by atoms with Gasteiger partial charge in [-0.2, -0.15) is 0 Å². The van der Waals surface area contributed by atoms with Gasteiger partial charge in [0.1, 0.15) is 18.0 Å². The smallest absolute Gasteiger partial charge is 0.190 e. The Labute approximate surface area is 160 Å². The number of carbonyl (C=O) groups excluding carboxylic acids is 2. The van der Waals surface area contributed by atoms with Crippen LogP contribution in [0.25, 0.3) is 0 Å². The van der Waals surface area contributed by atoms with Gasteiger partial charge in [0, 0.05) is 11.5 Å². The van der Waals surface area contributed by atoms with Crippen molar-refractivity contribution in [3.05, 3.63) is 23.5 Å². The average molecular weight is 374 g/mol. The summed E-state index contributed by atoms with van der Waals surface area (Å²) in [6.45, 7) is 5.50. The summed E-state index contributed by atoms with van der Waals surface area (Å²) >= 11 is 0. The van der Waals surface area contributed by atoms with E-state index in [2.05, 4.69) is 6.92 Å². The molecule has 3 saturated carbocycles. The Morgan fingerprint density at radius 2 is 1.85 bits per heavy atom. The summed E-state index contributed by atoms with van der Waals surface area (Å²) in [6, 6.07) is 0. The van der Waals surface area contributed by atoms with Gasteiger partial charge in [0.2, 0.25) is 0 Å². The lowest BCUT2D eigenvalue weighted by Gasteiger charge is -2.59. The van der Waals surface area contributed by atoms with E-state index in [9.17, 15) is 24.9 Å². The normalized spacial score (nSPS) is 48.9. The molecule has 0 spiro atoms. The molecule has 148 valence electrons. The standard InChI is InChI=1S/C22H30O5/c1-12-8-14-15-5-7-22(27,19(26)11-23)20(15,2)6-4-16(14)21(3)17(12)9-13(24)10-18(21)25/h9-10,12,14-16,23-24,27H,4-8,11H2,1-3H3/t12?,14-,15-,16-,20-,21+,22-/m0/s1. The number of rotatable bonds is 2. The molecule has 4 aliphatic rings. The van der Waals surface area contributed by atoms with E-state index in [0.29, 0.717) is 12.8 Å². The van der Waals surface area contributed by atoms with Crippen LogP contribution in [-0.2, 0) is 9.59 Å². The molecule has 4 aliphatic carbocycles. The molecule has 5 nitrogen and oxygen atoms in total.